The molecule has 10 heteroatoms. The van der Waals surface area contributed by atoms with Gasteiger partial charge >= 0.3 is 0 Å². The summed E-state index contributed by atoms with van der Waals surface area (Å²) in [5, 5.41) is 0. The third kappa shape index (κ3) is 5.33. The Kier molecular flexibility index (Phi) is 6.90. The first-order valence-corrected chi connectivity index (χ1v) is 12.4. The van der Waals surface area contributed by atoms with Gasteiger partial charge in [0.1, 0.15) is 23.4 Å². The molecule has 8 nitrogen and oxygen atoms in total. The Bertz CT molecular complexity index is 1310. The summed E-state index contributed by atoms with van der Waals surface area (Å²) in [6.45, 7) is 3.89. The molecule has 1 fully saturated rings. The lowest BCUT2D eigenvalue weighted by Crippen LogP contribution is -2.40. The molecule has 2 aliphatic heterocycles. The molecule has 2 aromatic heterocycles. The number of amides is 1. The molecule has 0 spiro atoms. The van der Waals surface area contributed by atoms with E-state index in [4.69, 9.17) is 19.7 Å². The van der Waals surface area contributed by atoms with Crippen LogP contribution in [0.5, 0.6) is 5.75 Å². The van der Waals surface area contributed by atoms with Gasteiger partial charge in [0.15, 0.2) is 17.4 Å². The van der Waals surface area contributed by atoms with Gasteiger partial charge < -0.3 is 19.4 Å². The van der Waals surface area contributed by atoms with E-state index in [1.54, 1.807) is 11.8 Å². The van der Waals surface area contributed by atoms with Crippen molar-refractivity contribution in [2.45, 2.75) is 38.8 Å². The molecule has 0 bridgehead atoms. The van der Waals surface area contributed by atoms with E-state index >= 15 is 0 Å². The highest BCUT2D eigenvalue weighted by Crippen LogP contribution is 2.33. The fourth-order valence-electron chi connectivity index (χ4n) is 4.72. The van der Waals surface area contributed by atoms with Crippen molar-refractivity contribution in [3.8, 4) is 17.1 Å². The van der Waals surface area contributed by atoms with Crippen molar-refractivity contribution < 1.29 is 18.3 Å². The van der Waals surface area contributed by atoms with Gasteiger partial charge in [0.2, 0.25) is 5.91 Å². The molecule has 0 N–H and O–H groups in total. The predicted octanol–water partition coefficient (Wildman–Crippen LogP) is 3.84. The molecule has 194 valence electrons. The summed E-state index contributed by atoms with van der Waals surface area (Å²) in [6.07, 6.45) is 1.75. The molecular weight excluding hydrogens is 478 g/mol. The van der Waals surface area contributed by atoms with Crippen LogP contribution in [0.2, 0.25) is 0 Å². The van der Waals surface area contributed by atoms with E-state index in [1.165, 1.54) is 12.1 Å². The number of carbonyl (C=O) groups is 1. The van der Waals surface area contributed by atoms with E-state index in [0.29, 0.717) is 56.8 Å². The number of hydrogen-bond donors (Lipinski definition) is 0. The number of pyridine rings is 1. The fraction of sp³-hybridized carbons (Fsp3) is 0.407. The van der Waals surface area contributed by atoms with Crippen molar-refractivity contribution in [2.24, 2.45) is 0 Å². The lowest BCUT2D eigenvalue weighted by Gasteiger charge is -2.35. The second-order valence-electron chi connectivity index (χ2n) is 9.63. The standard InChI is InChI=1S/C27H30F2N6O2/c1-17(36)35-14-11-21-23(16-35)31-26(22-5-4-6-25(30-22)33(2)3)27(32-21)34-12-9-19(10-13-34)37-24-8-7-18(28)15-20(24)29/h4-8,15,19H,9-14,16H2,1-3H3. The van der Waals surface area contributed by atoms with E-state index in [2.05, 4.69) is 4.90 Å². The van der Waals surface area contributed by atoms with Gasteiger partial charge in [0.05, 0.1) is 23.6 Å². The summed E-state index contributed by atoms with van der Waals surface area (Å²) < 4.78 is 33.2. The Morgan fingerprint density at radius 1 is 1.03 bits per heavy atom. The Balaban J connectivity index is 1.43. The highest BCUT2D eigenvalue weighted by Gasteiger charge is 2.29. The van der Waals surface area contributed by atoms with E-state index < -0.39 is 11.6 Å². The largest absolute Gasteiger partial charge is 0.487 e. The smallest absolute Gasteiger partial charge is 0.219 e. The Morgan fingerprint density at radius 2 is 1.81 bits per heavy atom. The number of ether oxygens (including phenoxy) is 1. The summed E-state index contributed by atoms with van der Waals surface area (Å²) in [5.41, 5.74) is 3.08. The first-order valence-electron chi connectivity index (χ1n) is 12.4. The van der Waals surface area contributed by atoms with Crippen LogP contribution in [0.3, 0.4) is 0 Å². The molecule has 2 aliphatic rings. The molecule has 5 rings (SSSR count). The molecule has 0 aliphatic carbocycles. The predicted molar refractivity (Wildman–Crippen MR) is 137 cm³/mol. The fourth-order valence-corrected chi connectivity index (χ4v) is 4.72. The van der Waals surface area contributed by atoms with Crippen LogP contribution < -0.4 is 14.5 Å². The number of piperidine rings is 1. The maximum absolute atomic E-state index is 14.1. The Labute approximate surface area is 214 Å². The first-order chi connectivity index (χ1) is 17.8. The quantitative estimate of drug-likeness (QED) is 0.519. The van der Waals surface area contributed by atoms with E-state index in [-0.39, 0.29) is 17.8 Å². The number of carbonyl (C=O) groups excluding carboxylic acids is 1. The van der Waals surface area contributed by atoms with E-state index in [9.17, 15) is 13.6 Å². The summed E-state index contributed by atoms with van der Waals surface area (Å²) in [6, 6.07) is 9.17. The van der Waals surface area contributed by atoms with Crippen molar-refractivity contribution >= 4 is 17.5 Å². The molecule has 1 aromatic carbocycles. The lowest BCUT2D eigenvalue weighted by atomic mass is 10.1. The molecule has 0 saturated carbocycles. The van der Waals surface area contributed by atoms with Gasteiger partial charge in [-0.1, -0.05) is 6.07 Å². The van der Waals surface area contributed by atoms with Gasteiger partial charge in [-0.25, -0.2) is 23.7 Å². The van der Waals surface area contributed by atoms with Gasteiger partial charge in [-0.3, -0.25) is 4.79 Å². The van der Waals surface area contributed by atoms with Crippen molar-refractivity contribution in [1.29, 1.82) is 0 Å². The Hall–Kier alpha value is -3.82. The normalized spacial score (nSPS) is 15.9. The van der Waals surface area contributed by atoms with Gasteiger partial charge in [0, 0.05) is 66.0 Å². The molecule has 0 unspecified atom stereocenters. The molecule has 1 amide bonds. The minimum atomic E-state index is -0.697. The summed E-state index contributed by atoms with van der Waals surface area (Å²) in [7, 11) is 3.87. The van der Waals surface area contributed by atoms with Crippen LogP contribution in [0.1, 0.15) is 31.2 Å². The Morgan fingerprint density at radius 3 is 2.51 bits per heavy atom. The number of anilines is 2. The maximum Gasteiger partial charge on any atom is 0.219 e. The number of nitrogens with zero attached hydrogens (tertiary/aromatic N) is 6. The minimum absolute atomic E-state index is 0.0190. The molecule has 0 radical (unpaired) electrons. The molecule has 4 heterocycles. The number of rotatable bonds is 5. The van der Waals surface area contributed by atoms with Crippen LogP contribution >= 0.6 is 0 Å². The van der Waals surface area contributed by atoms with Crippen molar-refractivity contribution in [3.05, 3.63) is 59.4 Å². The highest BCUT2D eigenvalue weighted by molar-refractivity contribution is 5.74. The molecule has 0 atom stereocenters. The third-order valence-electron chi connectivity index (χ3n) is 6.80. The number of benzene rings is 1. The SMILES string of the molecule is CC(=O)N1CCc2nc(N3CCC(Oc4ccc(F)cc4F)CC3)c(-c3cccc(N(C)C)n3)nc2C1. The second-order valence-corrected chi connectivity index (χ2v) is 9.63. The van der Waals surface area contributed by atoms with Crippen LogP contribution in [-0.2, 0) is 17.8 Å². The number of fused-ring (bicyclic) bond motifs is 1. The van der Waals surface area contributed by atoms with E-state index in [1.807, 2.05) is 37.2 Å². The number of hydrogen-bond acceptors (Lipinski definition) is 7. The number of halogens is 2. The highest BCUT2D eigenvalue weighted by atomic mass is 19.1. The zero-order valence-electron chi connectivity index (χ0n) is 21.2. The zero-order chi connectivity index (χ0) is 26.1. The zero-order valence-corrected chi connectivity index (χ0v) is 21.2. The van der Waals surface area contributed by atoms with Crippen LogP contribution in [0.15, 0.2) is 36.4 Å². The van der Waals surface area contributed by atoms with Crippen molar-refractivity contribution in [3.63, 3.8) is 0 Å². The lowest BCUT2D eigenvalue weighted by molar-refractivity contribution is -0.129. The average molecular weight is 509 g/mol. The molecule has 37 heavy (non-hydrogen) atoms. The monoisotopic (exact) mass is 508 g/mol. The van der Waals surface area contributed by atoms with Crippen molar-refractivity contribution in [2.75, 3.05) is 43.5 Å². The van der Waals surface area contributed by atoms with Gasteiger partial charge in [-0.15, -0.1) is 0 Å². The van der Waals surface area contributed by atoms with Crippen LogP contribution in [-0.4, -0.2) is 65.6 Å². The first kappa shape index (κ1) is 24.9. The summed E-state index contributed by atoms with van der Waals surface area (Å²) in [5.74, 6) is 0.319. The maximum atomic E-state index is 14.1. The molecule has 3 aromatic rings. The molecular formula is C27H30F2N6O2. The third-order valence-corrected chi connectivity index (χ3v) is 6.80. The average Bonchev–Trinajstić information content (AvgIpc) is 2.89. The van der Waals surface area contributed by atoms with Gasteiger partial charge in [-0.2, -0.15) is 0 Å². The summed E-state index contributed by atoms with van der Waals surface area (Å²) in [4.78, 5) is 32.7. The van der Waals surface area contributed by atoms with Gasteiger partial charge in [0.25, 0.3) is 0 Å². The topological polar surface area (TPSA) is 74.7 Å². The molecule has 1 saturated heterocycles. The van der Waals surface area contributed by atoms with Crippen molar-refractivity contribution in [1.82, 2.24) is 19.9 Å². The van der Waals surface area contributed by atoms with Gasteiger partial charge in [-0.05, 0) is 24.3 Å². The second kappa shape index (κ2) is 10.3. The van der Waals surface area contributed by atoms with Crippen LogP contribution in [0, 0.1) is 11.6 Å². The number of aromatic nitrogens is 3. The summed E-state index contributed by atoms with van der Waals surface area (Å²) >= 11 is 0. The minimum Gasteiger partial charge on any atom is -0.487 e. The van der Waals surface area contributed by atoms with E-state index in [0.717, 1.165) is 29.1 Å². The van der Waals surface area contributed by atoms with Crippen LogP contribution in [0.4, 0.5) is 20.4 Å². The van der Waals surface area contributed by atoms with Crippen LogP contribution in [0.25, 0.3) is 11.4 Å².